The van der Waals surface area contributed by atoms with Crippen LogP contribution in [-0.4, -0.2) is 44.0 Å². The molecule has 0 fully saturated rings. The molecule has 0 bridgehead atoms. The molecule has 36 heavy (non-hydrogen) atoms. The molecule has 0 saturated heterocycles. The number of amidine groups is 1. The van der Waals surface area contributed by atoms with Crippen molar-refractivity contribution < 1.29 is 18.7 Å². The zero-order chi connectivity index (χ0) is 25.8. The van der Waals surface area contributed by atoms with Crippen molar-refractivity contribution in [3.63, 3.8) is 0 Å². The number of alkyl halides is 1. The highest BCUT2D eigenvalue weighted by atomic mass is 19.1. The Kier molecular flexibility index (Phi) is 10.00. The number of carbonyl (C=O) groups is 2. The number of nitrogens with one attached hydrogen (secondary N) is 4. The Morgan fingerprint density at radius 3 is 2.31 bits per heavy atom. The molecule has 0 saturated carbocycles. The van der Waals surface area contributed by atoms with E-state index in [0.29, 0.717) is 37.2 Å². The molecule has 0 aromatic heterocycles. The minimum Gasteiger partial charge on any atom is -0.496 e. The molecule has 0 aliphatic heterocycles. The van der Waals surface area contributed by atoms with E-state index in [1.165, 1.54) is 7.11 Å². The van der Waals surface area contributed by atoms with Crippen molar-refractivity contribution in [2.45, 2.75) is 25.4 Å². The average molecular weight is 491 g/mol. The Labute approximate surface area is 210 Å². The molecule has 188 valence electrons. The molecule has 1 unspecified atom stereocenters. The third-order valence-electron chi connectivity index (χ3n) is 5.62. The van der Waals surface area contributed by atoms with Gasteiger partial charge >= 0.3 is 0 Å². The minimum atomic E-state index is -0.880. The van der Waals surface area contributed by atoms with Crippen LogP contribution in [0.1, 0.15) is 28.8 Å². The third-order valence-corrected chi connectivity index (χ3v) is 5.62. The summed E-state index contributed by atoms with van der Waals surface area (Å²) < 4.78 is 17.9. The Hall–Kier alpha value is -4.20. The van der Waals surface area contributed by atoms with Crippen LogP contribution in [-0.2, 0) is 11.3 Å². The summed E-state index contributed by atoms with van der Waals surface area (Å²) in [7, 11) is 1.49. The van der Waals surface area contributed by atoms with Gasteiger partial charge in [0, 0.05) is 13.1 Å². The van der Waals surface area contributed by atoms with Crippen molar-refractivity contribution in [2.24, 2.45) is 0 Å². The molecule has 3 aromatic carbocycles. The smallest absolute Gasteiger partial charge is 0.255 e. The standard InChI is InChI=1S/C28H31FN4O3/c1-36-25-15-14-22(21-11-6-3-7-12-21)17-23(25)27(34)33-24(13-8-16-31-26(30)18-29)28(35)32-19-20-9-4-2-5-10-20/h2-7,9-12,14-15,17,24H,8,13,16,18-19H2,1H3,(H2,30,31)(H,32,35)(H,33,34). The number of hydrogen-bond acceptors (Lipinski definition) is 4. The average Bonchev–Trinajstić information content (AvgIpc) is 2.93. The van der Waals surface area contributed by atoms with Crippen LogP contribution in [0.5, 0.6) is 5.75 Å². The summed E-state index contributed by atoms with van der Waals surface area (Å²) in [6.45, 7) is -0.243. The van der Waals surface area contributed by atoms with Gasteiger partial charge in [0.25, 0.3) is 5.91 Å². The molecular weight excluding hydrogens is 459 g/mol. The second-order valence-electron chi connectivity index (χ2n) is 8.19. The molecular formula is C28H31FN4O3. The zero-order valence-corrected chi connectivity index (χ0v) is 20.2. The van der Waals surface area contributed by atoms with E-state index >= 15 is 0 Å². The molecule has 8 heteroatoms. The first kappa shape index (κ1) is 26.4. The molecule has 0 spiro atoms. The van der Waals surface area contributed by atoms with Gasteiger partial charge in [0.15, 0.2) is 0 Å². The van der Waals surface area contributed by atoms with Crippen LogP contribution < -0.4 is 20.7 Å². The van der Waals surface area contributed by atoms with E-state index in [2.05, 4.69) is 16.0 Å². The lowest BCUT2D eigenvalue weighted by molar-refractivity contribution is -0.123. The number of ether oxygens (including phenoxy) is 1. The van der Waals surface area contributed by atoms with Crippen LogP contribution in [0.25, 0.3) is 11.1 Å². The largest absolute Gasteiger partial charge is 0.496 e. The van der Waals surface area contributed by atoms with E-state index in [9.17, 15) is 14.0 Å². The van der Waals surface area contributed by atoms with Crippen molar-refractivity contribution in [1.29, 1.82) is 5.41 Å². The highest BCUT2D eigenvalue weighted by Gasteiger charge is 2.23. The van der Waals surface area contributed by atoms with Crippen molar-refractivity contribution in [3.05, 3.63) is 90.0 Å². The molecule has 0 aliphatic rings. The summed E-state index contributed by atoms with van der Waals surface area (Å²) in [5, 5.41) is 15.8. The van der Waals surface area contributed by atoms with Crippen molar-refractivity contribution in [3.8, 4) is 16.9 Å². The van der Waals surface area contributed by atoms with Gasteiger partial charge in [-0.05, 0) is 41.7 Å². The van der Waals surface area contributed by atoms with Gasteiger partial charge in [-0.25, -0.2) is 4.39 Å². The van der Waals surface area contributed by atoms with E-state index in [1.54, 1.807) is 12.1 Å². The molecule has 2 amide bonds. The molecule has 0 heterocycles. The second-order valence-corrected chi connectivity index (χ2v) is 8.19. The maximum absolute atomic E-state index is 13.3. The lowest BCUT2D eigenvalue weighted by Crippen LogP contribution is -2.47. The highest BCUT2D eigenvalue weighted by molar-refractivity contribution is 6.00. The summed E-state index contributed by atoms with van der Waals surface area (Å²) in [4.78, 5) is 26.3. The second kappa shape index (κ2) is 13.6. The van der Waals surface area contributed by atoms with E-state index in [-0.39, 0.29) is 11.7 Å². The molecule has 1 atom stereocenters. The van der Waals surface area contributed by atoms with Crippen LogP contribution in [0.2, 0.25) is 0 Å². The molecule has 0 radical (unpaired) electrons. The van der Waals surface area contributed by atoms with Gasteiger partial charge in [-0.2, -0.15) is 0 Å². The number of carbonyl (C=O) groups excluding carboxylic acids is 2. The van der Waals surface area contributed by atoms with Gasteiger partial charge in [0.2, 0.25) is 5.91 Å². The summed E-state index contributed by atoms with van der Waals surface area (Å²) in [5.41, 5.74) is 3.05. The Morgan fingerprint density at radius 1 is 0.944 bits per heavy atom. The molecule has 4 N–H and O–H groups in total. The van der Waals surface area contributed by atoms with Gasteiger partial charge in [-0.1, -0.05) is 66.7 Å². The Bertz CT molecular complexity index is 1160. The SMILES string of the molecule is COc1ccc(-c2ccccc2)cc1C(=O)NC(CCCNC(=N)CF)C(=O)NCc1ccccc1. The summed E-state index contributed by atoms with van der Waals surface area (Å²) in [6.07, 6.45) is 0.757. The predicted octanol–water partition coefficient (Wildman–Crippen LogP) is 4.09. The van der Waals surface area contributed by atoms with Crippen LogP contribution in [0.3, 0.4) is 0 Å². The van der Waals surface area contributed by atoms with Crippen LogP contribution in [0, 0.1) is 5.41 Å². The van der Waals surface area contributed by atoms with Crippen LogP contribution in [0.15, 0.2) is 78.9 Å². The molecule has 3 rings (SSSR count). The fourth-order valence-corrected chi connectivity index (χ4v) is 3.70. The fraction of sp³-hybridized carbons (Fsp3) is 0.250. The topological polar surface area (TPSA) is 103 Å². The van der Waals surface area contributed by atoms with Crippen LogP contribution >= 0.6 is 0 Å². The van der Waals surface area contributed by atoms with E-state index < -0.39 is 18.6 Å². The Balaban J connectivity index is 1.75. The lowest BCUT2D eigenvalue weighted by atomic mass is 10.0. The quantitative estimate of drug-likeness (QED) is 0.174. The third kappa shape index (κ3) is 7.66. The monoisotopic (exact) mass is 490 g/mol. The van der Waals surface area contributed by atoms with Crippen molar-refractivity contribution >= 4 is 17.6 Å². The first-order chi connectivity index (χ1) is 17.5. The normalized spacial score (nSPS) is 11.3. The number of rotatable bonds is 12. The van der Waals surface area contributed by atoms with E-state index in [0.717, 1.165) is 16.7 Å². The number of amides is 2. The first-order valence-electron chi connectivity index (χ1n) is 11.7. The van der Waals surface area contributed by atoms with Crippen molar-refractivity contribution in [2.75, 3.05) is 20.3 Å². The predicted molar refractivity (Wildman–Crippen MR) is 139 cm³/mol. The van der Waals surface area contributed by atoms with Gasteiger partial charge in [0.05, 0.1) is 12.7 Å². The van der Waals surface area contributed by atoms with Gasteiger partial charge in [0.1, 0.15) is 24.3 Å². The van der Waals surface area contributed by atoms with Gasteiger partial charge < -0.3 is 20.7 Å². The summed E-state index contributed by atoms with van der Waals surface area (Å²) >= 11 is 0. The number of hydrogen-bond donors (Lipinski definition) is 4. The maximum Gasteiger partial charge on any atom is 0.255 e. The summed E-state index contributed by atoms with van der Waals surface area (Å²) in [5.74, 6) is -0.583. The van der Waals surface area contributed by atoms with E-state index in [4.69, 9.17) is 10.1 Å². The first-order valence-corrected chi connectivity index (χ1v) is 11.7. The van der Waals surface area contributed by atoms with Crippen LogP contribution in [0.4, 0.5) is 4.39 Å². The number of benzene rings is 3. The van der Waals surface area contributed by atoms with E-state index in [1.807, 2.05) is 66.7 Å². The molecule has 7 nitrogen and oxygen atoms in total. The number of methoxy groups -OCH3 is 1. The minimum absolute atomic E-state index is 0.216. The Morgan fingerprint density at radius 2 is 1.64 bits per heavy atom. The number of halogens is 1. The lowest BCUT2D eigenvalue weighted by Gasteiger charge is -2.20. The fourth-order valence-electron chi connectivity index (χ4n) is 3.70. The molecule has 0 aliphatic carbocycles. The maximum atomic E-state index is 13.3. The summed E-state index contributed by atoms with van der Waals surface area (Å²) in [6, 6.07) is 23.7. The van der Waals surface area contributed by atoms with Gasteiger partial charge in [-0.3, -0.25) is 15.0 Å². The highest BCUT2D eigenvalue weighted by Crippen LogP contribution is 2.26. The molecule has 3 aromatic rings. The van der Waals surface area contributed by atoms with Crippen molar-refractivity contribution in [1.82, 2.24) is 16.0 Å². The van der Waals surface area contributed by atoms with Gasteiger partial charge in [-0.15, -0.1) is 0 Å². The zero-order valence-electron chi connectivity index (χ0n) is 20.2.